The quantitative estimate of drug-likeness (QED) is 0.797. The Morgan fingerprint density at radius 1 is 1.24 bits per heavy atom. The van der Waals surface area contributed by atoms with Crippen LogP contribution in [0, 0.1) is 13.8 Å². The zero-order valence-corrected chi connectivity index (χ0v) is 14.6. The van der Waals surface area contributed by atoms with E-state index in [1.165, 1.54) is 22.9 Å². The van der Waals surface area contributed by atoms with Crippen LogP contribution in [-0.4, -0.2) is 52.0 Å². The van der Waals surface area contributed by atoms with Gasteiger partial charge < -0.3 is 10.2 Å². The second kappa shape index (κ2) is 7.92. The molecule has 5 heteroatoms. The molecule has 0 aliphatic carbocycles. The number of aryl methyl sites for hydroxylation is 2. The maximum atomic E-state index is 11.3. The van der Waals surface area contributed by atoms with Crippen molar-refractivity contribution < 1.29 is 8.42 Å². The molecule has 0 amide bonds. The first kappa shape index (κ1) is 18.1. The maximum Gasteiger partial charge on any atom is 0.148 e. The Morgan fingerprint density at radius 3 is 2.43 bits per heavy atom. The van der Waals surface area contributed by atoms with Crippen molar-refractivity contribution in [2.75, 3.05) is 38.7 Å². The van der Waals surface area contributed by atoms with E-state index >= 15 is 0 Å². The summed E-state index contributed by atoms with van der Waals surface area (Å²) in [5.74, 6) is 0.204. The molecule has 1 N–H and O–H groups in total. The molecule has 0 radical (unpaired) electrons. The summed E-state index contributed by atoms with van der Waals surface area (Å²) in [4.78, 5) is 2.07. The molecule has 0 heterocycles. The first-order valence-electron chi connectivity index (χ1n) is 7.39. The molecule has 0 aromatic heterocycles. The van der Waals surface area contributed by atoms with Crippen molar-refractivity contribution in [3.63, 3.8) is 0 Å². The number of benzene rings is 1. The molecular weight excluding hydrogens is 284 g/mol. The zero-order chi connectivity index (χ0) is 16.0. The SMILES string of the molecule is CCNC(CN(C)CCS(C)(=O)=O)c1ccc(C)c(C)c1. The fourth-order valence-electron chi connectivity index (χ4n) is 2.24. The fraction of sp³-hybridized carbons (Fsp3) is 0.625. The van der Waals surface area contributed by atoms with E-state index in [1.807, 2.05) is 7.05 Å². The smallest absolute Gasteiger partial charge is 0.148 e. The van der Waals surface area contributed by atoms with Gasteiger partial charge in [0.15, 0.2) is 0 Å². The third kappa shape index (κ3) is 6.59. The Balaban J connectivity index is 2.74. The third-order valence-corrected chi connectivity index (χ3v) is 4.65. The maximum absolute atomic E-state index is 11.3. The minimum Gasteiger partial charge on any atom is -0.309 e. The van der Waals surface area contributed by atoms with Crippen LogP contribution in [0.4, 0.5) is 0 Å². The van der Waals surface area contributed by atoms with Gasteiger partial charge in [-0.05, 0) is 44.1 Å². The molecule has 0 aliphatic rings. The normalized spacial score (nSPS) is 13.6. The van der Waals surface area contributed by atoms with E-state index in [1.54, 1.807) is 0 Å². The van der Waals surface area contributed by atoms with Gasteiger partial charge >= 0.3 is 0 Å². The number of hydrogen-bond donors (Lipinski definition) is 1. The molecule has 1 rings (SSSR count). The fourth-order valence-corrected chi connectivity index (χ4v) is 2.88. The summed E-state index contributed by atoms with van der Waals surface area (Å²) in [5, 5.41) is 3.48. The first-order valence-corrected chi connectivity index (χ1v) is 9.45. The van der Waals surface area contributed by atoms with E-state index in [-0.39, 0.29) is 11.8 Å². The summed E-state index contributed by atoms with van der Waals surface area (Å²) in [6.07, 6.45) is 1.28. The van der Waals surface area contributed by atoms with Gasteiger partial charge in [-0.15, -0.1) is 0 Å². The van der Waals surface area contributed by atoms with Crippen LogP contribution in [0.2, 0.25) is 0 Å². The van der Waals surface area contributed by atoms with E-state index in [4.69, 9.17) is 0 Å². The third-order valence-electron chi connectivity index (χ3n) is 3.72. The van der Waals surface area contributed by atoms with Crippen molar-refractivity contribution in [2.45, 2.75) is 26.8 Å². The summed E-state index contributed by atoms with van der Waals surface area (Å²) >= 11 is 0. The topological polar surface area (TPSA) is 49.4 Å². The summed E-state index contributed by atoms with van der Waals surface area (Å²) in [7, 11) is -0.937. The highest BCUT2D eigenvalue weighted by atomic mass is 32.2. The van der Waals surface area contributed by atoms with E-state index in [0.29, 0.717) is 6.54 Å². The van der Waals surface area contributed by atoms with Crippen LogP contribution < -0.4 is 5.32 Å². The molecule has 1 aromatic rings. The first-order chi connectivity index (χ1) is 9.73. The molecule has 0 saturated carbocycles. The highest BCUT2D eigenvalue weighted by Gasteiger charge is 2.14. The number of nitrogens with zero attached hydrogens (tertiary/aromatic N) is 1. The molecule has 1 unspecified atom stereocenters. The molecule has 0 spiro atoms. The van der Waals surface area contributed by atoms with E-state index in [0.717, 1.165) is 13.1 Å². The minimum absolute atomic E-state index is 0.204. The van der Waals surface area contributed by atoms with Gasteiger partial charge in [-0.3, -0.25) is 0 Å². The molecule has 0 saturated heterocycles. The molecule has 0 aliphatic heterocycles. The van der Waals surface area contributed by atoms with Crippen molar-refractivity contribution in [3.8, 4) is 0 Å². The van der Waals surface area contributed by atoms with Crippen LogP contribution in [0.5, 0.6) is 0 Å². The predicted molar refractivity (Wildman–Crippen MR) is 89.5 cm³/mol. The number of nitrogens with one attached hydrogen (secondary N) is 1. The lowest BCUT2D eigenvalue weighted by molar-refractivity contribution is 0.306. The summed E-state index contributed by atoms with van der Waals surface area (Å²) in [6.45, 7) is 8.56. The summed E-state index contributed by atoms with van der Waals surface area (Å²) in [5.41, 5.74) is 3.83. The number of rotatable bonds is 8. The lowest BCUT2D eigenvalue weighted by Crippen LogP contribution is -2.35. The lowest BCUT2D eigenvalue weighted by atomic mass is 10.0. The van der Waals surface area contributed by atoms with Crippen molar-refractivity contribution in [1.29, 1.82) is 0 Å². The van der Waals surface area contributed by atoms with Crippen molar-refractivity contribution in [3.05, 3.63) is 34.9 Å². The summed E-state index contributed by atoms with van der Waals surface area (Å²) < 4.78 is 22.5. The standard InChI is InChI=1S/C16H28N2O2S/c1-6-17-16(12-18(4)9-10-21(5,19)20)15-8-7-13(2)14(3)11-15/h7-8,11,16-17H,6,9-10,12H2,1-5H3. The monoisotopic (exact) mass is 312 g/mol. The molecule has 1 atom stereocenters. The second-order valence-electron chi connectivity index (χ2n) is 5.85. The average Bonchev–Trinajstić information content (AvgIpc) is 2.38. The van der Waals surface area contributed by atoms with Gasteiger partial charge in [-0.25, -0.2) is 8.42 Å². The van der Waals surface area contributed by atoms with Gasteiger partial charge in [0, 0.05) is 25.4 Å². The molecule has 120 valence electrons. The van der Waals surface area contributed by atoms with Crippen molar-refractivity contribution >= 4 is 9.84 Å². The number of sulfone groups is 1. The van der Waals surface area contributed by atoms with Crippen molar-refractivity contribution in [1.82, 2.24) is 10.2 Å². The van der Waals surface area contributed by atoms with Crippen LogP contribution >= 0.6 is 0 Å². The lowest BCUT2D eigenvalue weighted by Gasteiger charge is -2.25. The van der Waals surface area contributed by atoms with Crippen molar-refractivity contribution in [2.24, 2.45) is 0 Å². The molecule has 1 aromatic carbocycles. The number of likely N-dealkylation sites (N-methyl/N-ethyl adjacent to an activating group) is 2. The van der Waals surface area contributed by atoms with Gasteiger partial charge in [-0.1, -0.05) is 25.1 Å². The highest BCUT2D eigenvalue weighted by Crippen LogP contribution is 2.18. The van der Waals surface area contributed by atoms with Gasteiger partial charge in [0.2, 0.25) is 0 Å². The van der Waals surface area contributed by atoms with Crippen LogP contribution in [0.1, 0.15) is 29.7 Å². The Morgan fingerprint density at radius 2 is 1.90 bits per heavy atom. The number of hydrogen-bond acceptors (Lipinski definition) is 4. The molecule has 0 bridgehead atoms. The van der Waals surface area contributed by atoms with Gasteiger partial charge in [0.25, 0.3) is 0 Å². The van der Waals surface area contributed by atoms with Gasteiger partial charge in [-0.2, -0.15) is 0 Å². The Bertz CT molecular complexity index is 555. The van der Waals surface area contributed by atoms with E-state index < -0.39 is 9.84 Å². The van der Waals surface area contributed by atoms with Crippen LogP contribution in [0.3, 0.4) is 0 Å². The highest BCUT2D eigenvalue weighted by molar-refractivity contribution is 7.90. The van der Waals surface area contributed by atoms with Crippen LogP contribution in [0.25, 0.3) is 0 Å². The van der Waals surface area contributed by atoms with Crippen LogP contribution in [0.15, 0.2) is 18.2 Å². The minimum atomic E-state index is -2.91. The molecule has 0 fully saturated rings. The molecule has 4 nitrogen and oxygen atoms in total. The Labute approximate surface area is 129 Å². The van der Waals surface area contributed by atoms with Gasteiger partial charge in [0.05, 0.1) is 5.75 Å². The van der Waals surface area contributed by atoms with E-state index in [9.17, 15) is 8.42 Å². The zero-order valence-electron chi connectivity index (χ0n) is 13.8. The van der Waals surface area contributed by atoms with Crippen LogP contribution in [-0.2, 0) is 9.84 Å². The summed E-state index contributed by atoms with van der Waals surface area (Å²) in [6, 6.07) is 6.73. The second-order valence-corrected chi connectivity index (χ2v) is 8.11. The largest absolute Gasteiger partial charge is 0.309 e. The Hall–Kier alpha value is -0.910. The predicted octanol–water partition coefficient (Wildman–Crippen LogP) is 1.93. The van der Waals surface area contributed by atoms with Gasteiger partial charge in [0.1, 0.15) is 9.84 Å². The molecule has 21 heavy (non-hydrogen) atoms. The average molecular weight is 312 g/mol. The van der Waals surface area contributed by atoms with E-state index in [2.05, 4.69) is 49.2 Å². The molecular formula is C16H28N2O2S. The Kier molecular flexibility index (Phi) is 6.84.